The standard InChI is InChI=1S/C17H12BrNO3S/c18-16-14(7-4-9-19-16)22-17(20)15-12(8-10-21-15)11-23-13-5-2-1-3-6-13/h1-10H,11H2. The summed E-state index contributed by atoms with van der Waals surface area (Å²) in [4.78, 5) is 17.4. The van der Waals surface area contributed by atoms with Gasteiger partial charge in [-0.05, 0) is 46.3 Å². The van der Waals surface area contributed by atoms with E-state index in [9.17, 15) is 4.79 Å². The van der Waals surface area contributed by atoms with E-state index in [-0.39, 0.29) is 5.76 Å². The second-order valence-corrected chi connectivity index (χ2v) is 6.36. The molecular formula is C17H12BrNO3S. The van der Waals surface area contributed by atoms with Crippen molar-refractivity contribution in [3.63, 3.8) is 0 Å². The zero-order valence-electron chi connectivity index (χ0n) is 11.9. The summed E-state index contributed by atoms with van der Waals surface area (Å²) in [5.41, 5.74) is 0.795. The van der Waals surface area contributed by atoms with E-state index >= 15 is 0 Å². The molecule has 0 N–H and O–H groups in total. The van der Waals surface area contributed by atoms with Crippen LogP contribution in [0, 0.1) is 0 Å². The Bertz CT molecular complexity index is 804. The second kappa shape index (κ2) is 7.48. The Labute approximate surface area is 146 Å². The van der Waals surface area contributed by atoms with Crippen molar-refractivity contribution in [3.8, 4) is 5.75 Å². The fraction of sp³-hybridized carbons (Fsp3) is 0.0588. The predicted molar refractivity (Wildman–Crippen MR) is 91.6 cm³/mol. The van der Waals surface area contributed by atoms with E-state index in [1.54, 1.807) is 36.2 Å². The molecule has 0 unspecified atom stereocenters. The molecule has 0 amide bonds. The fourth-order valence-corrected chi connectivity index (χ4v) is 3.13. The lowest BCUT2D eigenvalue weighted by Crippen LogP contribution is -2.10. The maximum absolute atomic E-state index is 12.3. The molecule has 0 atom stereocenters. The highest BCUT2D eigenvalue weighted by Crippen LogP contribution is 2.27. The first-order valence-corrected chi connectivity index (χ1v) is 8.59. The van der Waals surface area contributed by atoms with Crippen LogP contribution in [0.2, 0.25) is 0 Å². The van der Waals surface area contributed by atoms with Gasteiger partial charge in [0.2, 0.25) is 5.76 Å². The normalized spacial score (nSPS) is 10.5. The third-order valence-corrected chi connectivity index (χ3v) is 4.65. The summed E-state index contributed by atoms with van der Waals surface area (Å²) in [5, 5.41) is 0. The molecule has 6 heteroatoms. The van der Waals surface area contributed by atoms with Gasteiger partial charge in [0, 0.05) is 22.4 Å². The van der Waals surface area contributed by atoms with Crippen LogP contribution >= 0.6 is 27.7 Å². The summed E-state index contributed by atoms with van der Waals surface area (Å²) < 4.78 is 11.1. The molecule has 0 saturated carbocycles. The SMILES string of the molecule is O=C(Oc1cccnc1Br)c1occc1CSc1ccccc1. The number of esters is 1. The number of aromatic nitrogens is 1. The molecule has 0 aliphatic carbocycles. The molecule has 23 heavy (non-hydrogen) atoms. The summed E-state index contributed by atoms with van der Waals surface area (Å²) in [5.74, 6) is 0.659. The molecule has 0 bridgehead atoms. The minimum Gasteiger partial charge on any atom is -0.457 e. The molecule has 3 aromatic rings. The second-order valence-electron chi connectivity index (χ2n) is 4.56. The maximum Gasteiger partial charge on any atom is 0.380 e. The number of furan rings is 1. The van der Waals surface area contributed by atoms with Crippen LogP contribution in [-0.4, -0.2) is 11.0 Å². The fourth-order valence-electron chi connectivity index (χ4n) is 1.90. The first kappa shape index (κ1) is 15.8. The van der Waals surface area contributed by atoms with Gasteiger partial charge in [-0.25, -0.2) is 9.78 Å². The first-order chi connectivity index (χ1) is 11.2. The number of hydrogen-bond acceptors (Lipinski definition) is 5. The lowest BCUT2D eigenvalue weighted by Gasteiger charge is -2.05. The molecule has 0 saturated heterocycles. The van der Waals surface area contributed by atoms with Crippen LogP contribution in [0.25, 0.3) is 0 Å². The molecule has 3 rings (SSSR count). The molecule has 0 radical (unpaired) electrons. The Balaban J connectivity index is 1.70. The Hall–Kier alpha value is -2.05. The number of rotatable bonds is 5. The predicted octanol–water partition coefficient (Wildman–Crippen LogP) is 4.95. The van der Waals surface area contributed by atoms with Gasteiger partial charge in [-0.2, -0.15) is 0 Å². The van der Waals surface area contributed by atoms with Crippen molar-refractivity contribution in [1.82, 2.24) is 4.98 Å². The molecule has 2 heterocycles. The molecular weight excluding hydrogens is 378 g/mol. The van der Waals surface area contributed by atoms with Crippen LogP contribution in [0.3, 0.4) is 0 Å². The molecule has 0 aliphatic heterocycles. The zero-order chi connectivity index (χ0) is 16.1. The van der Waals surface area contributed by atoms with E-state index in [1.807, 2.05) is 30.3 Å². The molecule has 2 aromatic heterocycles. The summed E-state index contributed by atoms with van der Waals surface area (Å²) >= 11 is 4.87. The van der Waals surface area contributed by atoms with Crippen molar-refractivity contribution < 1.29 is 13.9 Å². The van der Waals surface area contributed by atoms with Crippen molar-refractivity contribution in [2.75, 3.05) is 0 Å². The van der Waals surface area contributed by atoms with E-state index in [1.165, 1.54) is 6.26 Å². The van der Waals surface area contributed by atoms with Crippen LogP contribution in [0.15, 0.2) is 74.9 Å². The van der Waals surface area contributed by atoms with Gasteiger partial charge in [-0.15, -0.1) is 11.8 Å². The Kier molecular flexibility index (Phi) is 5.15. The monoisotopic (exact) mass is 389 g/mol. The average Bonchev–Trinajstić information content (AvgIpc) is 3.05. The van der Waals surface area contributed by atoms with Crippen LogP contribution in [0.1, 0.15) is 16.1 Å². The molecule has 116 valence electrons. The van der Waals surface area contributed by atoms with Crippen LogP contribution in [0.4, 0.5) is 0 Å². The number of ether oxygens (including phenoxy) is 1. The Morgan fingerprint density at radius 2 is 2.00 bits per heavy atom. The van der Waals surface area contributed by atoms with Gasteiger partial charge in [0.15, 0.2) is 5.75 Å². The first-order valence-electron chi connectivity index (χ1n) is 6.81. The number of pyridine rings is 1. The molecule has 4 nitrogen and oxygen atoms in total. The van der Waals surface area contributed by atoms with Gasteiger partial charge in [-0.1, -0.05) is 18.2 Å². The molecule has 1 aromatic carbocycles. The third-order valence-electron chi connectivity index (χ3n) is 3.00. The minimum absolute atomic E-state index is 0.212. The van der Waals surface area contributed by atoms with Crippen LogP contribution in [-0.2, 0) is 5.75 Å². The number of benzene rings is 1. The Morgan fingerprint density at radius 1 is 1.17 bits per heavy atom. The number of halogens is 1. The summed E-state index contributed by atoms with van der Waals surface area (Å²) in [6, 6.07) is 15.1. The Morgan fingerprint density at radius 3 is 2.78 bits per heavy atom. The number of carbonyl (C=O) groups is 1. The average molecular weight is 390 g/mol. The van der Waals surface area contributed by atoms with Crippen LogP contribution < -0.4 is 4.74 Å². The van der Waals surface area contributed by atoms with Crippen molar-refractivity contribution >= 4 is 33.7 Å². The topological polar surface area (TPSA) is 52.3 Å². The van der Waals surface area contributed by atoms with E-state index in [0.29, 0.717) is 16.1 Å². The zero-order valence-corrected chi connectivity index (χ0v) is 14.3. The van der Waals surface area contributed by atoms with E-state index in [0.717, 1.165) is 10.5 Å². The minimum atomic E-state index is -0.535. The quantitative estimate of drug-likeness (QED) is 0.351. The summed E-state index contributed by atoms with van der Waals surface area (Å²) in [7, 11) is 0. The highest BCUT2D eigenvalue weighted by molar-refractivity contribution is 9.10. The molecule has 0 aliphatic rings. The largest absolute Gasteiger partial charge is 0.457 e. The highest BCUT2D eigenvalue weighted by atomic mass is 79.9. The van der Waals surface area contributed by atoms with E-state index < -0.39 is 5.97 Å². The maximum atomic E-state index is 12.3. The van der Waals surface area contributed by atoms with Crippen molar-refractivity contribution in [2.24, 2.45) is 0 Å². The van der Waals surface area contributed by atoms with Crippen LogP contribution in [0.5, 0.6) is 5.75 Å². The van der Waals surface area contributed by atoms with Gasteiger partial charge in [0.05, 0.1) is 6.26 Å². The number of carbonyl (C=O) groups excluding carboxylic acids is 1. The molecule has 0 spiro atoms. The molecule has 0 fully saturated rings. The lowest BCUT2D eigenvalue weighted by molar-refractivity contribution is 0.0698. The lowest BCUT2D eigenvalue weighted by atomic mass is 10.3. The number of thioether (sulfide) groups is 1. The van der Waals surface area contributed by atoms with Gasteiger partial charge in [-0.3, -0.25) is 0 Å². The van der Waals surface area contributed by atoms with E-state index in [4.69, 9.17) is 9.15 Å². The summed E-state index contributed by atoms with van der Waals surface area (Å²) in [6.07, 6.45) is 3.10. The summed E-state index contributed by atoms with van der Waals surface area (Å²) in [6.45, 7) is 0. The smallest absolute Gasteiger partial charge is 0.380 e. The number of hydrogen-bond donors (Lipinski definition) is 0. The van der Waals surface area contributed by atoms with Gasteiger partial charge in [0.25, 0.3) is 0 Å². The van der Waals surface area contributed by atoms with Gasteiger partial charge >= 0.3 is 5.97 Å². The van der Waals surface area contributed by atoms with Crippen molar-refractivity contribution in [3.05, 3.63) is 76.9 Å². The van der Waals surface area contributed by atoms with Crippen molar-refractivity contribution in [1.29, 1.82) is 0 Å². The number of nitrogens with zero attached hydrogens (tertiary/aromatic N) is 1. The van der Waals surface area contributed by atoms with Gasteiger partial charge < -0.3 is 9.15 Å². The van der Waals surface area contributed by atoms with E-state index in [2.05, 4.69) is 20.9 Å². The highest BCUT2D eigenvalue weighted by Gasteiger charge is 2.19. The van der Waals surface area contributed by atoms with Crippen molar-refractivity contribution in [2.45, 2.75) is 10.6 Å². The third kappa shape index (κ3) is 4.03. The van der Waals surface area contributed by atoms with Gasteiger partial charge in [0.1, 0.15) is 4.60 Å².